The number of aryl methyl sites for hydroxylation is 2. The molecule has 3 aromatic heterocycles. The molecule has 0 fully saturated rings. The molecule has 0 aliphatic carbocycles. The van der Waals surface area contributed by atoms with Crippen molar-refractivity contribution in [3.05, 3.63) is 149 Å². The van der Waals surface area contributed by atoms with Crippen molar-refractivity contribution in [1.82, 2.24) is 9.97 Å². The van der Waals surface area contributed by atoms with Crippen LogP contribution in [0.2, 0.25) is 0 Å². The normalized spacial score (nSPS) is 11.8. The maximum atomic E-state index is 12.7. The van der Waals surface area contributed by atoms with Crippen LogP contribution < -0.4 is 10.2 Å². The molecule has 42 heavy (non-hydrogen) atoms. The number of hydrogen-bond donors (Lipinski definition) is 0. The molecule has 0 saturated carbocycles. The third-order valence-electron chi connectivity index (χ3n) is 7.07. The van der Waals surface area contributed by atoms with E-state index in [9.17, 15) is 4.79 Å². The molecule has 0 radical (unpaired) electrons. The number of fused-ring (bicyclic) bond motifs is 3. The number of para-hydroxylation sites is 1. The number of aromatic nitrogens is 2. The Hall–Kier alpha value is -4.60. The van der Waals surface area contributed by atoms with Gasteiger partial charge < -0.3 is 14.1 Å². The number of nitrogens with zero attached hydrogens (tertiary/aromatic N) is 2. The minimum absolute atomic E-state index is 0. The van der Waals surface area contributed by atoms with Crippen molar-refractivity contribution in [3.63, 3.8) is 0 Å². The van der Waals surface area contributed by atoms with Gasteiger partial charge in [0.15, 0.2) is 5.43 Å². The van der Waals surface area contributed by atoms with E-state index in [1.165, 1.54) is 11.1 Å². The van der Waals surface area contributed by atoms with Crippen molar-refractivity contribution in [3.8, 4) is 28.3 Å². The molecule has 4 heterocycles. The molecule has 0 N–H and O–H groups in total. The number of allylic oxidation sites excluding steroid dienone is 2. The first kappa shape index (κ1) is 28.9. The monoisotopic (exact) mass is 730 g/mol. The van der Waals surface area contributed by atoms with E-state index >= 15 is 0 Å². The van der Waals surface area contributed by atoms with Gasteiger partial charge in [-0.25, -0.2) is 0 Å². The Kier molecular flexibility index (Phi) is 8.61. The zero-order valence-corrected chi connectivity index (χ0v) is 25.4. The minimum Gasteiger partial charge on any atom is -0.500 e. The second-order valence-corrected chi connectivity index (χ2v) is 9.83. The van der Waals surface area contributed by atoms with Crippen molar-refractivity contribution in [2.45, 2.75) is 20.3 Å². The van der Waals surface area contributed by atoms with Gasteiger partial charge in [-0.1, -0.05) is 36.4 Å². The second kappa shape index (κ2) is 12.5. The van der Waals surface area contributed by atoms with Gasteiger partial charge in [0, 0.05) is 39.0 Å². The maximum absolute atomic E-state index is 12.7. The van der Waals surface area contributed by atoms with E-state index in [1.807, 2.05) is 61.7 Å². The summed E-state index contributed by atoms with van der Waals surface area (Å²) in [6, 6.07) is 28.1. The van der Waals surface area contributed by atoms with Crippen LogP contribution in [-0.2, 0) is 27.5 Å². The summed E-state index contributed by atoms with van der Waals surface area (Å²) in [6.07, 6.45) is 8.22. The van der Waals surface area contributed by atoms with Crippen LogP contribution in [0.5, 0.6) is 5.75 Å². The zero-order valence-electron chi connectivity index (χ0n) is 23.2. The van der Waals surface area contributed by atoms with Crippen LogP contribution in [0.3, 0.4) is 0 Å². The first-order valence-corrected chi connectivity index (χ1v) is 13.4. The summed E-state index contributed by atoms with van der Waals surface area (Å²) < 4.78 is 11.5. The summed E-state index contributed by atoms with van der Waals surface area (Å²) in [5.74, 6) is 1.74. The Morgan fingerprint density at radius 3 is 2.33 bits per heavy atom. The van der Waals surface area contributed by atoms with E-state index in [-0.39, 0.29) is 26.5 Å². The van der Waals surface area contributed by atoms with Crippen LogP contribution >= 0.6 is 0 Å². The molecule has 7 rings (SSSR count). The van der Waals surface area contributed by atoms with Gasteiger partial charge >= 0.3 is 0 Å². The van der Waals surface area contributed by atoms with E-state index in [1.54, 1.807) is 30.5 Å². The standard InChI is InChI=1S/C19H12NO2.C17H15NO.Pt/c1-12-5-4-10-20-18(12)13-8-9-17-15(11-13)19(21)14-6-2-3-7-16(14)22-17;1-3-15-8-6-13-11-14(7-9-16(13)19-15)17-12(2)5-4-10-18-17;/h2-7,9-11H,1H3;3-5,7-11H,1,6H2,2H3;/q-1;;. The van der Waals surface area contributed by atoms with E-state index in [0.29, 0.717) is 21.9 Å². The number of hydrogen-bond acceptors (Lipinski definition) is 5. The van der Waals surface area contributed by atoms with E-state index in [4.69, 9.17) is 9.15 Å². The van der Waals surface area contributed by atoms with Gasteiger partial charge in [0.2, 0.25) is 0 Å². The summed E-state index contributed by atoms with van der Waals surface area (Å²) in [7, 11) is 0. The van der Waals surface area contributed by atoms with Crippen molar-refractivity contribution < 1.29 is 30.2 Å². The summed E-state index contributed by atoms with van der Waals surface area (Å²) in [6.45, 7) is 7.80. The van der Waals surface area contributed by atoms with Crippen molar-refractivity contribution in [2.24, 2.45) is 0 Å². The molecule has 5 nitrogen and oxygen atoms in total. The van der Waals surface area contributed by atoms with E-state index in [0.717, 1.165) is 46.0 Å². The molecule has 210 valence electrons. The Morgan fingerprint density at radius 1 is 0.857 bits per heavy atom. The van der Waals surface area contributed by atoms with Crippen LogP contribution in [-0.4, -0.2) is 9.97 Å². The van der Waals surface area contributed by atoms with Gasteiger partial charge in [-0.15, -0.1) is 23.8 Å². The Morgan fingerprint density at radius 2 is 1.60 bits per heavy atom. The fraction of sp³-hybridized carbons (Fsp3) is 0.0833. The number of benzene rings is 3. The van der Waals surface area contributed by atoms with Crippen molar-refractivity contribution in [2.75, 3.05) is 0 Å². The van der Waals surface area contributed by atoms with Crippen LogP contribution in [0.15, 0.2) is 125 Å². The summed E-state index contributed by atoms with van der Waals surface area (Å²) in [5, 5.41) is 1.14. The molecule has 0 spiro atoms. The smallest absolute Gasteiger partial charge is 0.182 e. The Labute approximate surface area is 258 Å². The molecular weight excluding hydrogens is 703 g/mol. The molecule has 0 unspecified atom stereocenters. The van der Waals surface area contributed by atoms with Crippen molar-refractivity contribution in [1.29, 1.82) is 0 Å². The Balaban J connectivity index is 0.000000166. The molecule has 6 aromatic rings. The predicted octanol–water partition coefficient (Wildman–Crippen LogP) is 8.18. The van der Waals surface area contributed by atoms with Crippen LogP contribution in [0, 0.1) is 19.9 Å². The van der Waals surface area contributed by atoms with Crippen molar-refractivity contribution >= 4 is 21.9 Å². The molecular formula is C36H27N2O3Pt-. The third kappa shape index (κ3) is 5.74. The SMILES string of the molecule is C=CC1=CCc2cc(-c3ncccc3C)ccc2O1.Cc1cccnc1-c1[c-]cc2oc3ccccc3c(=O)c2c1.[Pt]. The van der Waals surface area contributed by atoms with Gasteiger partial charge in [0.1, 0.15) is 17.1 Å². The topological polar surface area (TPSA) is 65.2 Å². The van der Waals surface area contributed by atoms with Gasteiger partial charge in [-0.2, -0.15) is 0 Å². The first-order chi connectivity index (χ1) is 20.0. The predicted molar refractivity (Wildman–Crippen MR) is 164 cm³/mol. The largest absolute Gasteiger partial charge is 0.500 e. The quantitative estimate of drug-likeness (QED) is 0.136. The number of rotatable bonds is 3. The summed E-state index contributed by atoms with van der Waals surface area (Å²) in [4.78, 5) is 21.5. The zero-order chi connectivity index (χ0) is 28.3. The molecule has 1 aliphatic rings. The number of ether oxygens (including phenoxy) is 1. The molecule has 3 aromatic carbocycles. The van der Waals surface area contributed by atoms with Crippen LogP contribution in [0.4, 0.5) is 0 Å². The Bertz CT molecular complexity index is 2030. The fourth-order valence-electron chi connectivity index (χ4n) is 4.93. The molecule has 0 amide bonds. The van der Waals surface area contributed by atoms with E-state index in [2.05, 4.69) is 47.7 Å². The summed E-state index contributed by atoms with van der Waals surface area (Å²) in [5.41, 5.74) is 8.32. The molecule has 0 atom stereocenters. The third-order valence-corrected chi connectivity index (χ3v) is 7.07. The average molecular weight is 731 g/mol. The van der Waals surface area contributed by atoms with Crippen LogP contribution in [0.25, 0.3) is 44.5 Å². The molecule has 0 saturated heterocycles. The minimum atomic E-state index is -0.0271. The fourth-order valence-corrected chi connectivity index (χ4v) is 4.93. The summed E-state index contributed by atoms with van der Waals surface area (Å²) >= 11 is 0. The second-order valence-electron chi connectivity index (χ2n) is 9.83. The van der Waals surface area contributed by atoms with Gasteiger partial charge in [-0.3, -0.25) is 9.78 Å². The molecule has 6 heteroatoms. The van der Waals surface area contributed by atoms with Gasteiger partial charge in [0.25, 0.3) is 0 Å². The average Bonchev–Trinajstić information content (AvgIpc) is 3.01. The first-order valence-electron chi connectivity index (χ1n) is 13.4. The van der Waals surface area contributed by atoms with Gasteiger partial charge in [0.05, 0.1) is 16.7 Å². The molecule has 1 aliphatic heterocycles. The number of pyridine rings is 2. The molecule has 0 bridgehead atoms. The van der Waals surface area contributed by atoms with Gasteiger partial charge in [-0.05, 0) is 97.1 Å². The maximum Gasteiger partial charge on any atom is 0.182 e. The van der Waals surface area contributed by atoms with Crippen LogP contribution in [0.1, 0.15) is 16.7 Å². The van der Waals surface area contributed by atoms with E-state index < -0.39 is 0 Å².